The van der Waals surface area contributed by atoms with Crippen molar-refractivity contribution in [1.29, 1.82) is 0 Å². The number of aromatic nitrogens is 2. The van der Waals surface area contributed by atoms with Crippen LogP contribution in [0.4, 0.5) is 10.6 Å². The van der Waals surface area contributed by atoms with Crippen LogP contribution in [0.1, 0.15) is 43.1 Å². The molecule has 0 aliphatic carbocycles. The van der Waals surface area contributed by atoms with Crippen molar-refractivity contribution in [3.05, 3.63) is 18.1 Å². The maximum Gasteiger partial charge on any atom is 0.409 e. The number of piperazine rings is 1. The first-order valence-electron chi connectivity index (χ1n) is 9.47. The van der Waals surface area contributed by atoms with Crippen LogP contribution in [0.3, 0.4) is 0 Å². The van der Waals surface area contributed by atoms with Crippen LogP contribution in [0.15, 0.2) is 12.4 Å². The molecule has 3 rings (SSSR count). The van der Waals surface area contributed by atoms with Crippen LogP contribution in [-0.4, -0.2) is 77.6 Å². The number of hydrogen-bond donors (Lipinski definition) is 0. The number of ether oxygens (including phenoxy) is 1. The molecule has 2 amide bonds. The van der Waals surface area contributed by atoms with Crippen LogP contribution < -0.4 is 4.90 Å². The first-order valence-corrected chi connectivity index (χ1v) is 9.47. The summed E-state index contributed by atoms with van der Waals surface area (Å²) < 4.78 is 5.00. The van der Waals surface area contributed by atoms with Gasteiger partial charge in [0.1, 0.15) is 11.5 Å². The highest BCUT2D eigenvalue weighted by molar-refractivity contribution is 5.92. The number of rotatable bonds is 3. The molecule has 1 aromatic rings. The zero-order chi connectivity index (χ0) is 18.4. The Morgan fingerprint density at radius 1 is 0.923 bits per heavy atom. The molecule has 2 saturated heterocycles. The Labute approximate surface area is 154 Å². The van der Waals surface area contributed by atoms with Crippen molar-refractivity contribution in [2.75, 3.05) is 50.8 Å². The molecule has 2 fully saturated rings. The highest BCUT2D eigenvalue weighted by atomic mass is 16.6. The van der Waals surface area contributed by atoms with Crippen LogP contribution in [0.25, 0.3) is 0 Å². The summed E-state index contributed by atoms with van der Waals surface area (Å²) in [4.78, 5) is 38.7. The molecule has 0 atom stereocenters. The summed E-state index contributed by atoms with van der Waals surface area (Å²) in [6.45, 7) is 6.05. The molecule has 8 heteroatoms. The number of carbonyl (C=O) groups is 2. The van der Waals surface area contributed by atoms with Gasteiger partial charge in [-0.05, 0) is 19.8 Å². The van der Waals surface area contributed by atoms with E-state index in [4.69, 9.17) is 4.74 Å². The lowest BCUT2D eigenvalue weighted by Gasteiger charge is -2.33. The lowest BCUT2D eigenvalue weighted by atomic mass is 10.2. The molecule has 2 aliphatic rings. The van der Waals surface area contributed by atoms with Crippen molar-refractivity contribution in [3.63, 3.8) is 0 Å². The Bertz CT molecular complexity index is 606. The summed E-state index contributed by atoms with van der Waals surface area (Å²) >= 11 is 0. The molecule has 26 heavy (non-hydrogen) atoms. The molecule has 2 aliphatic heterocycles. The van der Waals surface area contributed by atoms with Gasteiger partial charge in [0, 0.05) is 39.3 Å². The zero-order valence-corrected chi connectivity index (χ0v) is 15.4. The van der Waals surface area contributed by atoms with Gasteiger partial charge in [-0.3, -0.25) is 4.79 Å². The molecule has 3 heterocycles. The number of carbonyl (C=O) groups excluding carboxylic acids is 2. The highest BCUT2D eigenvalue weighted by Crippen LogP contribution is 2.17. The van der Waals surface area contributed by atoms with Gasteiger partial charge in [0.05, 0.1) is 19.0 Å². The second-order valence-electron chi connectivity index (χ2n) is 6.64. The fourth-order valence-corrected chi connectivity index (χ4v) is 3.36. The standard InChI is InChI=1S/C18H27N5O3/c1-2-26-18(25)23-11-9-22(10-12-23)17(24)15-13-20-16(14-19-15)21-7-5-3-4-6-8-21/h13-14H,2-12H2,1H3. The Kier molecular flexibility index (Phi) is 6.25. The number of anilines is 1. The summed E-state index contributed by atoms with van der Waals surface area (Å²) in [6, 6.07) is 0. The average molecular weight is 361 g/mol. The first-order chi connectivity index (χ1) is 12.7. The van der Waals surface area contributed by atoms with Gasteiger partial charge in [-0.15, -0.1) is 0 Å². The Balaban J connectivity index is 1.56. The van der Waals surface area contributed by atoms with Crippen LogP contribution in [-0.2, 0) is 4.74 Å². The van der Waals surface area contributed by atoms with E-state index >= 15 is 0 Å². The molecule has 0 aromatic carbocycles. The van der Waals surface area contributed by atoms with Crippen LogP contribution in [0, 0.1) is 0 Å². The van der Waals surface area contributed by atoms with Crippen LogP contribution >= 0.6 is 0 Å². The van der Waals surface area contributed by atoms with E-state index in [9.17, 15) is 9.59 Å². The molecule has 0 N–H and O–H groups in total. The second kappa shape index (κ2) is 8.82. The average Bonchev–Trinajstić information content (AvgIpc) is 2.97. The topological polar surface area (TPSA) is 78.9 Å². The van der Waals surface area contributed by atoms with Crippen molar-refractivity contribution in [3.8, 4) is 0 Å². The zero-order valence-electron chi connectivity index (χ0n) is 15.4. The Hall–Kier alpha value is -2.38. The van der Waals surface area contributed by atoms with E-state index in [0.29, 0.717) is 38.5 Å². The third-order valence-electron chi connectivity index (χ3n) is 4.88. The predicted octanol–water partition coefficient (Wildman–Crippen LogP) is 1.77. The molecule has 1 aromatic heterocycles. The minimum atomic E-state index is -0.318. The highest BCUT2D eigenvalue weighted by Gasteiger charge is 2.26. The van der Waals surface area contributed by atoms with Gasteiger partial charge < -0.3 is 19.4 Å². The van der Waals surface area contributed by atoms with Gasteiger partial charge in [-0.2, -0.15) is 0 Å². The SMILES string of the molecule is CCOC(=O)N1CCN(C(=O)c2cnc(N3CCCCCC3)cn2)CC1. The molecule has 0 radical (unpaired) electrons. The van der Waals surface area contributed by atoms with Gasteiger partial charge in [0.15, 0.2) is 0 Å². The fraction of sp³-hybridized carbons (Fsp3) is 0.667. The monoisotopic (exact) mass is 361 g/mol. The normalized spacial score (nSPS) is 18.4. The van der Waals surface area contributed by atoms with Gasteiger partial charge in [0.25, 0.3) is 5.91 Å². The molecular formula is C18H27N5O3. The molecule has 0 spiro atoms. The van der Waals surface area contributed by atoms with E-state index in [2.05, 4.69) is 14.9 Å². The van der Waals surface area contributed by atoms with E-state index in [1.54, 1.807) is 29.1 Å². The maximum absolute atomic E-state index is 12.6. The molecule has 8 nitrogen and oxygen atoms in total. The van der Waals surface area contributed by atoms with E-state index in [-0.39, 0.29) is 12.0 Å². The van der Waals surface area contributed by atoms with Crippen molar-refractivity contribution < 1.29 is 14.3 Å². The van der Waals surface area contributed by atoms with E-state index in [1.807, 2.05) is 0 Å². The lowest BCUT2D eigenvalue weighted by molar-refractivity contribution is 0.0565. The van der Waals surface area contributed by atoms with E-state index < -0.39 is 0 Å². The molecule has 142 valence electrons. The van der Waals surface area contributed by atoms with Gasteiger partial charge in [-0.1, -0.05) is 12.8 Å². The molecular weight excluding hydrogens is 334 g/mol. The summed E-state index contributed by atoms with van der Waals surface area (Å²) in [5.74, 6) is 0.707. The predicted molar refractivity (Wildman–Crippen MR) is 97.2 cm³/mol. The third-order valence-corrected chi connectivity index (χ3v) is 4.88. The summed E-state index contributed by atoms with van der Waals surface area (Å²) in [5, 5.41) is 0. The van der Waals surface area contributed by atoms with E-state index in [0.717, 1.165) is 18.9 Å². The van der Waals surface area contributed by atoms with Crippen LogP contribution in [0.5, 0.6) is 0 Å². The van der Waals surface area contributed by atoms with Gasteiger partial charge in [0.2, 0.25) is 0 Å². The summed E-state index contributed by atoms with van der Waals surface area (Å²) in [7, 11) is 0. The molecule has 0 bridgehead atoms. The number of amides is 2. The van der Waals surface area contributed by atoms with Crippen molar-refractivity contribution in [2.45, 2.75) is 32.6 Å². The van der Waals surface area contributed by atoms with Gasteiger partial charge in [-0.25, -0.2) is 14.8 Å². The number of nitrogens with zero attached hydrogens (tertiary/aromatic N) is 5. The smallest absolute Gasteiger partial charge is 0.409 e. The quantitative estimate of drug-likeness (QED) is 0.816. The summed E-state index contributed by atoms with van der Waals surface area (Å²) in [6.07, 6.45) is 7.82. The minimum absolute atomic E-state index is 0.136. The van der Waals surface area contributed by atoms with Crippen LogP contribution in [0.2, 0.25) is 0 Å². The second-order valence-corrected chi connectivity index (χ2v) is 6.64. The fourth-order valence-electron chi connectivity index (χ4n) is 3.36. The third kappa shape index (κ3) is 4.42. The Morgan fingerprint density at radius 2 is 1.58 bits per heavy atom. The van der Waals surface area contributed by atoms with Crippen molar-refractivity contribution in [2.24, 2.45) is 0 Å². The summed E-state index contributed by atoms with van der Waals surface area (Å²) in [5.41, 5.74) is 0.355. The minimum Gasteiger partial charge on any atom is -0.450 e. The molecule has 0 unspecified atom stereocenters. The van der Waals surface area contributed by atoms with Crippen molar-refractivity contribution >= 4 is 17.8 Å². The first kappa shape index (κ1) is 18.4. The Morgan fingerprint density at radius 3 is 2.15 bits per heavy atom. The number of hydrogen-bond acceptors (Lipinski definition) is 6. The molecule has 0 saturated carbocycles. The maximum atomic E-state index is 12.6. The van der Waals surface area contributed by atoms with Crippen molar-refractivity contribution in [1.82, 2.24) is 19.8 Å². The lowest BCUT2D eigenvalue weighted by Crippen LogP contribution is -2.50. The van der Waals surface area contributed by atoms with Gasteiger partial charge >= 0.3 is 6.09 Å². The van der Waals surface area contributed by atoms with E-state index in [1.165, 1.54) is 25.7 Å². The largest absolute Gasteiger partial charge is 0.450 e.